The molecule has 1 aromatic carbocycles. The van der Waals surface area contributed by atoms with E-state index in [0.717, 1.165) is 11.6 Å². The molecule has 0 spiro atoms. The van der Waals surface area contributed by atoms with Crippen molar-refractivity contribution >= 4 is 28.7 Å². The zero-order valence-corrected chi connectivity index (χ0v) is 19.8. The molecule has 2 fully saturated rings. The number of anilines is 1. The maximum Gasteiger partial charge on any atom is 0.191 e. The topological polar surface area (TPSA) is 138 Å². The molecule has 2 aliphatic rings. The summed E-state index contributed by atoms with van der Waals surface area (Å²) in [6.45, 7) is -4.63. The highest BCUT2D eigenvalue weighted by Gasteiger charge is 2.45. The molecule has 0 bridgehead atoms. The van der Waals surface area contributed by atoms with Gasteiger partial charge in [0, 0.05) is 30.9 Å². The van der Waals surface area contributed by atoms with Crippen molar-refractivity contribution in [2.24, 2.45) is 0 Å². The minimum Gasteiger partial charge on any atom is -0.394 e. The Hall–Kier alpha value is -2.38. The summed E-state index contributed by atoms with van der Waals surface area (Å²) in [5.41, 5.74) is -3.98. The highest BCUT2D eigenvalue weighted by atomic mass is 32.2. The standard InChI is InChI=1S/C24H31FN6O4S/c1-3-8-36-24-27-22(26-16-10-14(16)13-5-4-12(2)15(25)9-13)19-23(28-24)31(30-29-19)17-11-18(35-7-6-32)21(34)20(17)33/h4-5,9,14,16-18,20-21,32-34H,3,6-8,10-11H2,1-2H3,(H,26,27,28)/t14-,16+,17+,18-,20-,21+/m0/s1/i3D2,4D,5D,6D2,7D2,8D2,9D,14D,16D. The number of nitrogens with zero attached hydrogens (tertiary/aromatic N) is 5. The van der Waals surface area contributed by atoms with Gasteiger partial charge in [-0.2, -0.15) is 0 Å². The average molecular weight is 532 g/mol. The zero-order chi connectivity index (χ0) is 37.0. The molecule has 0 aliphatic heterocycles. The summed E-state index contributed by atoms with van der Waals surface area (Å²) in [4.78, 5) is 8.43. The predicted octanol–water partition coefficient (Wildman–Crippen LogP) is 2.18. The molecule has 36 heavy (non-hydrogen) atoms. The monoisotopic (exact) mass is 531 g/mol. The van der Waals surface area contributed by atoms with Crippen LogP contribution in [-0.2, 0) is 4.74 Å². The number of fused-ring (bicyclic) bond motifs is 1. The van der Waals surface area contributed by atoms with Gasteiger partial charge in [-0.3, -0.25) is 0 Å². The van der Waals surface area contributed by atoms with Crippen LogP contribution < -0.4 is 5.32 Å². The Morgan fingerprint density at radius 3 is 2.94 bits per heavy atom. The van der Waals surface area contributed by atoms with Crippen molar-refractivity contribution in [3.63, 3.8) is 0 Å². The Bertz CT molecular complexity index is 1780. The number of hydrogen-bond donors (Lipinski definition) is 4. The van der Waals surface area contributed by atoms with E-state index in [-0.39, 0.29) is 34.3 Å². The number of aromatic nitrogens is 5. The number of ether oxygens (including phenoxy) is 1. The van der Waals surface area contributed by atoms with E-state index in [0.29, 0.717) is 0 Å². The Labute approximate surface area is 230 Å². The van der Waals surface area contributed by atoms with Crippen molar-refractivity contribution in [1.82, 2.24) is 25.0 Å². The van der Waals surface area contributed by atoms with Gasteiger partial charge < -0.3 is 25.4 Å². The van der Waals surface area contributed by atoms with Crippen molar-refractivity contribution in [2.75, 3.05) is 24.1 Å². The van der Waals surface area contributed by atoms with Gasteiger partial charge in [0.15, 0.2) is 22.1 Å². The second-order valence-electron chi connectivity index (χ2n) is 8.12. The van der Waals surface area contributed by atoms with Crippen LogP contribution in [0, 0.1) is 12.7 Å². The van der Waals surface area contributed by atoms with Crippen LogP contribution in [0.4, 0.5) is 10.2 Å². The molecule has 0 unspecified atom stereocenters. The fourth-order valence-corrected chi connectivity index (χ4v) is 4.39. The van der Waals surface area contributed by atoms with E-state index in [4.69, 9.17) is 22.6 Å². The van der Waals surface area contributed by atoms with Gasteiger partial charge in [-0.1, -0.05) is 36.0 Å². The van der Waals surface area contributed by atoms with Gasteiger partial charge in [0.05, 0.1) is 36.2 Å². The summed E-state index contributed by atoms with van der Waals surface area (Å²) in [6.07, 6.45) is -8.51. The molecule has 3 aromatic rings. The number of aliphatic hydroxyl groups excluding tert-OH is 2. The first-order valence-corrected chi connectivity index (χ1v) is 11.6. The van der Waals surface area contributed by atoms with E-state index in [1.165, 1.54) is 6.92 Å². The lowest BCUT2D eigenvalue weighted by Crippen LogP contribution is -2.33. The van der Waals surface area contributed by atoms with Crippen LogP contribution in [0.2, 0.25) is 0 Å². The van der Waals surface area contributed by atoms with E-state index in [9.17, 15) is 19.7 Å². The summed E-state index contributed by atoms with van der Waals surface area (Å²) in [5, 5.41) is 41.2. The Kier molecular flexibility index (Phi) is 4.09. The lowest BCUT2D eigenvalue weighted by molar-refractivity contribution is -0.0629. The maximum absolute atomic E-state index is 14.8. The minimum absolute atomic E-state index is 0.231. The Balaban J connectivity index is 1.58. The SMILES string of the molecule is [2H]c1c([2H])c([C@]2([2H])C[C@@]2([2H])Nc2nc(SC([2H])([2H])C([2H])([2H])C)nc3c2nnn3[C@@H]2C[C@H](OC([2H])([2H])C([2H])([2H])O)[C@@H](O)[C@H]2O)c([2H])c(F)c1C. The number of hydrogen-bond acceptors (Lipinski definition) is 10. The van der Waals surface area contributed by atoms with E-state index in [1.807, 2.05) is 0 Å². The van der Waals surface area contributed by atoms with Gasteiger partial charge in [0.25, 0.3) is 0 Å². The van der Waals surface area contributed by atoms with Crippen molar-refractivity contribution in [3.8, 4) is 0 Å². The Morgan fingerprint density at radius 1 is 1.33 bits per heavy atom. The molecular formula is C24H31FN6O4S. The third-order valence-corrected chi connectivity index (χ3v) is 6.49. The molecule has 4 N–H and O–H groups in total. The summed E-state index contributed by atoms with van der Waals surface area (Å²) in [5.74, 6) is -3.64. The van der Waals surface area contributed by atoms with Gasteiger partial charge in [-0.05, 0) is 36.9 Å². The molecule has 12 heteroatoms. The van der Waals surface area contributed by atoms with Crippen molar-refractivity contribution in [2.45, 2.75) is 74.5 Å². The first-order chi connectivity index (χ1) is 22.2. The van der Waals surface area contributed by atoms with Crippen LogP contribution in [0.15, 0.2) is 23.3 Å². The molecule has 0 saturated heterocycles. The predicted molar refractivity (Wildman–Crippen MR) is 133 cm³/mol. The smallest absolute Gasteiger partial charge is 0.191 e. The number of halogens is 1. The second-order valence-corrected chi connectivity index (χ2v) is 8.89. The molecule has 2 heterocycles. The molecule has 10 nitrogen and oxygen atoms in total. The Morgan fingerprint density at radius 2 is 2.17 bits per heavy atom. The number of nitrogens with one attached hydrogen (secondary N) is 1. The largest absolute Gasteiger partial charge is 0.394 e. The highest BCUT2D eigenvalue weighted by molar-refractivity contribution is 7.99. The van der Waals surface area contributed by atoms with E-state index in [2.05, 4.69) is 25.6 Å². The van der Waals surface area contributed by atoms with Gasteiger partial charge >= 0.3 is 0 Å². The number of thioether (sulfide) groups is 1. The molecule has 2 saturated carbocycles. The normalized spacial score (nSPS) is 38.6. The first-order valence-electron chi connectivity index (χ1n) is 17.3. The third-order valence-electron chi connectivity index (χ3n) is 5.82. The zero-order valence-electron chi connectivity index (χ0n) is 32.0. The highest BCUT2D eigenvalue weighted by Crippen LogP contribution is 2.44. The van der Waals surface area contributed by atoms with Crippen LogP contribution in [0.1, 0.15) is 67.0 Å². The maximum atomic E-state index is 14.8. The summed E-state index contributed by atoms with van der Waals surface area (Å²) in [7, 11) is 0. The van der Waals surface area contributed by atoms with Crippen LogP contribution in [0.5, 0.6) is 0 Å². The summed E-state index contributed by atoms with van der Waals surface area (Å²) < 4.78 is 126. The van der Waals surface area contributed by atoms with E-state index < -0.39 is 109 Å². The van der Waals surface area contributed by atoms with E-state index in [1.54, 1.807) is 0 Å². The molecule has 5 rings (SSSR count). The van der Waals surface area contributed by atoms with E-state index >= 15 is 0 Å². The molecule has 2 aromatic heterocycles. The minimum atomic E-state index is -3.49. The fraction of sp³-hybridized carbons (Fsp3) is 0.583. The molecule has 6 atom stereocenters. The molecular weight excluding hydrogens is 487 g/mol. The number of rotatable bonds is 10. The number of benzene rings is 1. The van der Waals surface area contributed by atoms with Gasteiger partial charge in [-0.15, -0.1) is 5.10 Å². The molecule has 2 aliphatic carbocycles. The molecule has 0 amide bonds. The van der Waals surface area contributed by atoms with Crippen LogP contribution >= 0.6 is 11.8 Å². The fourth-order valence-electron chi connectivity index (χ4n) is 3.92. The molecule has 194 valence electrons. The average Bonchev–Trinajstić information content (AvgIpc) is 3.19. The first kappa shape index (κ1) is 14.0. The third kappa shape index (κ3) is 4.92. The molecule has 0 radical (unpaired) electrons. The quantitative estimate of drug-likeness (QED) is 0.227. The van der Waals surface area contributed by atoms with Crippen molar-refractivity contribution in [1.29, 1.82) is 0 Å². The lowest BCUT2D eigenvalue weighted by Gasteiger charge is -2.17. The second kappa shape index (κ2) is 10.5. The summed E-state index contributed by atoms with van der Waals surface area (Å²) >= 11 is 0.231. The van der Waals surface area contributed by atoms with Gasteiger partial charge in [0.2, 0.25) is 0 Å². The summed E-state index contributed by atoms with van der Waals surface area (Å²) in [6, 6.07) is -5.44. The number of aliphatic hydroxyl groups is 3. The van der Waals surface area contributed by atoms with Crippen LogP contribution in [0.25, 0.3) is 11.2 Å². The van der Waals surface area contributed by atoms with Gasteiger partial charge in [0.1, 0.15) is 18.0 Å². The van der Waals surface area contributed by atoms with Crippen LogP contribution in [0.3, 0.4) is 0 Å². The van der Waals surface area contributed by atoms with Crippen LogP contribution in [-0.4, -0.2) is 83.4 Å². The van der Waals surface area contributed by atoms with Gasteiger partial charge in [-0.25, -0.2) is 19.0 Å². The van der Waals surface area contributed by atoms with Crippen molar-refractivity contribution in [3.05, 3.63) is 35.1 Å². The van der Waals surface area contributed by atoms with Crippen molar-refractivity contribution < 1.29 is 42.3 Å². The lowest BCUT2D eigenvalue weighted by atomic mass is 10.1.